The van der Waals surface area contributed by atoms with Gasteiger partial charge in [0.25, 0.3) is 5.69 Å². The van der Waals surface area contributed by atoms with Crippen molar-refractivity contribution in [2.45, 2.75) is 13.0 Å². The molecule has 0 amide bonds. The van der Waals surface area contributed by atoms with Gasteiger partial charge in [-0.25, -0.2) is 4.98 Å². The van der Waals surface area contributed by atoms with E-state index in [1.54, 1.807) is 13.0 Å². The molecule has 0 aliphatic carbocycles. The zero-order valence-corrected chi connectivity index (χ0v) is 11.1. The Morgan fingerprint density at radius 2 is 2.42 bits per heavy atom. The predicted molar refractivity (Wildman–Crippen MR) is 73.4 cm³/mol. The normalized spacial score (nSPS) is 12.1. The lowest BCUT2D eigenvalue weighted by Crippen LogP contribution is -2.12. The van der Waals surface area contributed by atoms with E-state index in [4.69, 9.17) is 0 Å². The van der Waals surface area contributed by atoms with Crippen molar-refractivity contribution in [3.63, 3.8) is 0 Å². The Bertz CT molecular complexity index is 572. The first kappa shape index (κ1) is 13.4. The third-order valence-electron chi connectivity index (χ3n) is 2.68. The van der Waals surface area contributed by atoms with Gasteiger partial charge in [0.15, 0.2) is 0 Å². The maximum absolute atomic E-state index is 10.7. The highest BCUT2D eigenvalue weighted by Crippen LogP contribution is 2.20. The molecule has 1 atom stereocenters. The van der Waals surface area contributed by atoms with E-state index in [1.807, 2.05) is 16.8 Å². The van der Waals surface area contributed by atoms with E-state index < -0.39 is 11.0 Å². The van der Waals surface area contributed by atoms with Gasteiger partial charge in [-0.1, -0.05) is 0 Å². The summed E-state index contributed by atoms with van der Waals surface area (Å²) in [6, 6.07) is 3.45. The second kappa shape index (κ2) is 5.77. The fraction of sp³-hybridized carbons (Fsp3) is 0.250. The molecule has 0 radical (unpaired) electrons. The van der Waals surface area contributed by atoms with Gasteiger partial charge in [0.05, 0.1) is 11.0 Å². The summed E-state index contributed by atoms with van der Waals surface area (Å²) in [6.07, 6.45) is 0.595. The zero-order chi connectivity index (χ0) is 13.8. The highest BCUT2D eigenvalue weighted by Gasteiger charge is 2.12. The van der Waals surface area contributed by atoms with Crippen LogP contribution in [0.5, 0.6) is 0 Å². The third-order valence-corrected chi connectivity index (χ3v) is 3.39. The second-order valence-corrected chi connectivity index (χ2v) is 4.85. The number of aliphatic hydroxyl groups excluding tert-OH is 1. The van der Waals surface area contributed by atoms with Crippen molar-refractivity contribution < 1.29 is 10.0 Å². The molecule has 100 valence electrons. The average molecular weight is 279 g/mol. The molecular weight excluding hydrogens is 266 g/mol. The quantitative estimate of drug-likeness (QED) is 0.648. The number of nitrogens with one attached hydrogen (secondary N) is 1. The van der Waals surface area contributed by atoms with E-state index >= 15 is 0 Å². The molecule has 2 rings (SSSR count). The minimum atomic E-state index is -0.622. The van der Waals surface area contributed by atoms with Crippen molar-refractivity contribution in [2.24, 2.45) is 0 Å². The average Bonchev–Trinajstić information content (AvgIpc) is 2.89. The van der Waals surface area contributed by atoms with E-state index in [9.17, 15) is 15.2 Å². The first-order valence-electron chi connectivity index (χ1n) is 5.63. The predicted octanol–water partition coefficient (Wildman–Crippen LogP) is 2.51. The smallest absolute Gasteiger partial charge is 0.290 e. The maximum Gasteiger partial charge on any atom is 0.290 e. The van der Waals surface area contributed by atoms with Crippen LogP contribution in [0, 0.1) is 17.0 Å². The molecule has 7 heteroatoms. The van der Waals surface area contributed by atoms with Crippen LogP contribution in [0.4, 0.5) is 11.5 Å². The number of thiophene rings is 1. The molecule has 0 spiro atoms. The van der Waals surface area contributed by atoms with Crippen LogP contribution in [0.25, 0.3) is 0 Å². The molecule has 0 saturated carbocycles. The molecule has 2 aromatic heterocycles. The molecule has 0 aliphatic heterocycles. The van der Waals surface area contributed by atoms with E-state index in [-0.39, 0.29) is 5.69 Å². The Labute approximate surface area is 113 Å². The molecule has 0 bridgehead atoms. The molecule has 0 saturated heterocycles. The number of aryl methyl sites for hydroxylation is 1. The van der Waals surface area contributed by atoms with Crippen molar-refractivity contribution in [2.75, 3.05) is 11.9 Å². The van der Waals surface area contributed by atoms with Gasteiger partial charge >= 0.3 is 0 Å². The topological polar surface area (TPSA) is 88.3 Å². The van der Waals surface area contributed by atoms with Crippen LogP contribution in [-0.4, -0.2) is 21.6 Å². The summed E-state index contributed by atoms with van der Waals surface area (Å²) < 4.78 is 0. The Morgan fingerprint density at radius 3 is 3.00 bits per heavy atom. The van der Waals surface area contributed by atoms with Gasteiger partial charge in [0.2, 0.25) is 0 Å². The van der Waals surface area contributed by atoms with E-state index in [0.29, 0.717) is 17.9 Å². The van der Waals surface area contributed by atoms with E-state index in [2.05, 4.69) is 10.3 Å². The molecule has 2 aromatic rings. The van der Waals surface area contributed by atoms with Gasteiger partial charge in [-0.2, -0.15) is 11.3 Å². The summed E-state index contributed by atoms with van der Waals surface area (Å²) in [4.78, 5) is 14.1. The minimum Gasteiger partial charge on any atom is -0.387 e. The maximum atomic E-state index is 10.7. The van der Waals surface area contributed by atoms with Crippen LogP contribution >= 0.6 is 11.3 Å². The molecule has 1 unspecified atom stereocenters. The van der Waals surface area contributed by atoms with Gasteiger partial charge in [-0.3, -0.25) is 10.1 Å². The lowest BCUT2D eigenvalue weighted by molar-refractivity contribution is -0.385. The second-order valence-electron chi connectivity index (χ2n) is 4.07. The van der Waals surface area contributed by atoms with Crippen molar-refractivity contribution in [3.8, 4) is 0 Å². The lowest BCUT2D eigenvalue weighted by Gasteiger charge is -2.11. The summed E-state index contributed by atoms with van der Waals surface area (Å²) in [6.45, 7) is 1.96. The summed E-state index contributed by atoms with van der Waals surface area (Å²) in [5, 5.41) is 27.3. The van der Waals surface area contributed by atoms with Gasteiger partial charge < -0.3 is 10.4 Å². The zero-order valence-electron chi connectivity index (χ0n) is 10.2. The third kappa shape index (κ3) is 3.27. The number of hydrogen-bond acceptors (Lipinski definition) is 6. The van der Waals surface area contributed by atoms with Gasteiger partial charge in [-0.05, 0) is 35.4 Å². The molecule has 0 aromatic carbocycles. The Balaban J connectivity index is 2.00. The number of aliphatic hydroxyl groups is 1. The fourth-order valence-corrected chi connectivity index (χ4v) is 2.33. The van der Waals surface area contributed by atoms with Gasteiger partial charge in [-0.15, -0.1) is 0 Å². The van der Waals surface area contributed by atoms with Crippen LogP contribution in [0.3, 0.4) is 0 Å². The molecule has 0 aliphatic rings. The summed E-state index contributed by atoms with van der Waals surface area (Å²) in [5.74, 6) is 0.511. The van der Waals surface area contributed by atoms with Crippen LogP contribution in [0.1, 0.15) is 17.2 Å². The first-order valence-corrected chi connectivity index (χ1v) is 6.57. The molecule has 19 heavy (non-hydrogen) atoms. The highest BCUT2D eigenvalue weighted by atomic mass is 32.1. The standard InChI is InChI=1S/C12H13N3O3S/c1-8-4-12(13-5-10(8)15(17)18)14-6-11(16)9-2-3-19-7-9/h2-5,7,11,16H,6H2,1H3,(H,13,14). The summed E-state index contributed by atoms with van der Waals surface area (Å²) >= 11 is 1.52. The Kier molecular flexibility index (Phi) is 4.08. The SMILES string of the molecule is Cc1cc(NCC(O)c2ccsc2)ncc1[N+](=O)[O-]. The van der Waals surface area contributed by atoms with Gasteiger partial charge in [0, 0.05) is 12.1 Å². The van der Waals surface area contributed by atoms with Crippen LogP contribution in [-0.2, 0) is 0 Å². The molecular formula is C12H13N3O3S. The van der Waals surface area contributed by atoms with Gasteiger partial charge in [0.1, 0.15) is 12.0 Å². The van der Waals surface area contributed by atoms with Crippen molar-refractivity contribution in [1.29, 1.82) is 0 Å². The summed E-state index contributed by atoms with van der Waals surface area (Å²) in [5.41, 5.74) is 1.37. The highest BCUT2D eigenvalue weighted by molar-refractivity contribution is 7.07. The largest absolute Gasteiger partial charge is 0.387 e. The molecule has 0 fully saturated rings. The van der Waals surface area contributed by atoms with Crippen molar-refractivity contribution in [3.05, 3.63) is 50.3 Å². The number of nitrogens with zero attached hydrogens (tertiary/aromatic N) is 2. The Hall–Kier alpha value is -1.99. The van der Waals surface area contributed by atoms with Crippen LogP contribution < -0.4 is 5.32 Å². The van der Waals surface area contributed by atoms with Crippen LogP contribution in [0.15, 0.2) is 29.1 Å². The van der Waals surface area contributed by atoms with Crippen LogP contribution in [0.2, 0.25) is 0 Å². The molecule has 6 nitrogen and oxygen atoms in total. The number of anilines is 1. The minimum absolute atomic E-state index is 0.0102. The number of hydrogen-bond donors (Lipinski definition) is 2. The number of rotatable bonds is 5. The van der Waals surface area contributed by atoms with E-state index in [0.717, 1.165) is 5.56 Å². The number of pyridine rings is 1. The van der Waals surface area contributed by atoms with E-state index in [1.165, 1.54) is 17.5 Å². The first-order chi connectivity index (χ1) is 9.08. The molecule has 2 heterocycles. The summed E-state index contributed by atoms with van der Waals surface area (Å²) in [7, 11) is 0. The van der Waals surface area contributed by atoms with Crippen molar-refractivity contribution in [1.82, 2.24) is 4.98 Å². The van der Waals surface area contributed by atoms with Crippen molar-refractivity contribution >= 4 is 22.8 Å². The Morgan fingerprint density at radius 1 is 1.63 bits per heavy atom. The fourth-order valence-electron chi connectivity index (χ4n) is 1.62. The monoisotopic (exact) mass is 279 g/mol. The number of aromatic nitrogens is 1. The number of nitro groups is 1. The molecule has 2 N–H and O–H groups in total. The lowest BCUT2D eigenvalue weighted by atomic mass is 10.2.